The van der Waals surface area contributed by atoms with Gasteiger partial charge in [-0.05, 0) is 17.9 Å². The molecule has 0 aliphatic rings. The van der Waals surface area contributed by atoms with Gasteiger partial charge in [0, 0.05) is 31.5 Å². The summed E-state index contributed by atoms with van der Waals surface area (Å²) in [6.45, 7) is 0.583. The SMILES string of the molecule is CSCCC(=O)N(C)Cc1ccccc1N. The molecule has 0 aliphatic carbocycles. The summed E-state index contributed by atoms with van der Waals surface area (Å²) in [5.74, 6) is 1.03. The van der Waals surface area contributed by atoms with E-state index in [9.17, 15) is 4.79 Å². The molecular formula is C12H18N2OS. The molecule has 0 aromatic heterocycles. The number of thioether (sulfide) groups is 1. The van der Waals surface area contributed by atoms with Crippen molar-refractivity contribution < 1.29 is 4.79 Å². The molecule has 1 rings (SSSR count). The van der Waals surface area contributed by atoms with Crippen LogP contribution in [0.2, 0.25) is 0 Å². The molecule has 0 unspecified atom stereocenters. The number of para-hydroxylation sites is 1. The normalized spacial score (nSPS) is 10.1. The maximum absolute atomic E-state index is 11.7. The minimum atomic E-state index is 0.164. The lowest BCUT2D eigenvalue weighted by Crippen LogP contribution is -2.26. The molecule has 0 fully saturated rings. The number of benzene rings is 1. The summed E-state index contributed by atoms with van der Waals surface area (Å²) in [4.78, 5) is 13.4. The van der Waals surface area contributed by atoms with Crippen LogP contribution in [0.15, 0.2) is 24.3 Å². The molecule has 0 spiro atoms. The molecule has 0 atom stereocenters. The van der Waals surface area contributed by atoms with E-state index in [0.717, 1.165) is 17.0 Å². The van der Waals surface area contributed by atoms with Gasteiger partial charge < -0.3 is 10.6 Å². The van der Waals surface area contributed by atoms with Crippen molar-refractivity contribution in [2.45, 2.75) is 13.0 Å². The standard InChI is InChI=1S/C12H18N2OS/c1-14(12(15)7-8-16-2)9-10-5-3-4-6-11(10)13/h3-6H,7-9,13H2,1-2H3. The summed E-state index contributed by atoms with van der Waals surface area (Å²) in [5.41, 5.74) is 7.57. The second-order valence-electron chi connectivity index (χ2n) is 3.69. The van der Waals surface area contributed by atoms with Crippen LogP contribution in [0.25, 0.3) is 0 Å². The van der Waals surface area contributed by atoms with Crippen LogP contribution in [0.4, 0.5) is 5.69 Å². The first-order valence-corrected chi connectivity index (χ1v) is 6.61. The first-order chi connectivity index (χ1) is 7.65. The van der Waals surface area contributed by atoms with E-state index in [1.54, 1.807) is 16.7 Å². The molecule has 1 aromatic carbocycles. The predicted molar refractivity (Wildman–Crippen MR) is 70.3 cm³/mol. The molecule has 4 heteroatoms. The number of hydrogen-bond acceptors (Lipinski definition) is 3. The minimum absolute atomic E-state index is 0.164. The largest absolute Gasteiger partial charge is 0.398 e. The minimum Gasteiger partial charge on any atom is -0.398 e. The Balaban J connectivity index is 2.54. The van der Waals surface area contributed by atoms with Crippen LogP contribution in [0.1, 0.15) is 12.0 Å². The zero-order valence-electron chi connectivity index (χ0n) is 9.77. The lowest BCUT2D eigenvalue weighted by Gasteiger charge is -2.18. The molecule has 0 radical (unpaired) electrons. The van der Waals surface area contributed by atoms with Gasteiger partial charge in [0.15, 0.2) is 0 Å². The van der Waals surface area contributed by atoms with Crippen molar-refractivity contribution in [1.29, 1.82) is 0 Å². The van der Waals surface area contributed by atoms with Crippen molar-refractivity contribution in [2.75, 3.05) is 24.8 Å². The Kier molecular flexibility index (Phi) is 5.19. The quantitative estimate of drug-likeness (QED) is 0.798. The first kappa shape index (κ1) is 12.9. The van der Waals surface area contributed by atoms with Crippen molar-refractivity contribution in [1.82, 2.24) is 4.90 Å². The average molecular weight is 238 g/mol. The van der Waals surface area contributed by atoms with Crippen molar-refractivity contribution in [3.63, 3.8) is 0 Å². The third-order valence-corrected chi connectivity index (χ3v) is 3.02. The van der Waals surface area contributed by atoms with Gasteiger partial charge in [-0.25, -0.2) is 0 Å². The van der Waals surface area contributed by atoms with E-state index in [1.807, 2.05) is 37.6 Å². The van der Waals surface area contributed by atoms with Crippen LogP contribution in [0.5, 0.6) is 0 Å². The zero-order valence-corrected chi connectivity index (χ0v) is 10.6. The van der Waals surface area contributed by atoms with Crippen LogP contribution in [-0.2, 0) is 11.3 Å². The number of nitrogens with zero attached hydrogens (tertiary/aromatic N) is 1. The molecule has 88 valence electrons. The fourth-order valence-corrected chi connectivity index (χ4v) is 1.78. The molecule has 0 saturated heterocycles. The van der Waals surface area contributed by atoms with Gasteiger partial charge in [0.25, 0.3) is 0 Å². The van der Waals surface area contributed by atoms with Crippen LogP contribution in [0.3, 0.4) is 0 Å². The van der Waals surface area contributed by atoms with Crippen LogP contribution < -0.4 is 5.73 Å². The van der Waals surface area contributed by atoms with Gasteiger partial charge in [-0.3, -0.25) is 4.79 Å². The summed E-state index contributed by atoms with van der Waals surface area (Å²) >= 11 is 1.68. The maximum atomic E-state index is 11.7. The summed E-state index contributed by atoms with van der Waals surface area (Å²) in [6, 6.07) is 7.64. The highest BCUT2D eigenvalue weighted by molar-refractivity contribution is 7.98. The smallest absolute Gasteiger partial charge is 0.223 e. The third kappa shape index (κ3) is 3.77. The number of carbonyl (C=O) groups is 1. The van der Waals surface area contributed by atoms with Gasteiger partial charge in [-0.1, -0.05) is 18.2 Å². The Morgan fingerprint density at radius 1 is 1.44 bits per heavy atom. The van der Waals surface area contributed by atoms with Gasteiger partial charge in [0.05, 0.1) is 0 Å². The number of anilines is 1. The van der Waals surface area contributed by atoms with E-state index in [1.165, 1.54) is 0 Å². The summed E-state index contributed by atoms with van der Waals surface area (Å²) in [6.07, 6.45) is 2.59. The topological polar surface area (TPSA) is 46.3 Å². The lowest BCUT2D eigenvalue weighted by molar-refractivity contribution is -0.129. The molecule has 3 nitrogen and oxygen atoms in total. The van der Waals surface area contributed by atoms with Gasteiger partial charge in [0.1, 0.15) is 0 Å². The lowest BCUT2D eigenvalue weighted by atomic mass is 10.1. The highest BCUT2D eigenvalue weighted by Crippen LogP contribution is 2.13. The number of hydrogen-bond donors (Lipinski definition) is 1. The predicted octanol–water partition coefficient (Wildman–Crippen LogP) is 1.98. The number of nitrogen functional groups attached to an aromatic ring is 1. The molecule has 0 aliphatic heterocycles. The van der Waals surface area contributed by atoms with Crippen molar-refractivity contribution in [2.24, 2.45) is 0 Å². The fourth-order valence-electron chi connectivity index (χ4n) is 1.40. The van der Waals surface area contributed by atoms with E-state index in [2.05, 4.69) is 0 Å². The van der Waals surface area contributed by atoms with Crippen molar-refractivity contribution in [3.8, 4) is 0 Å². The van der Waals surface area contributed by atoms with E-state index < -0.39 is 0 Å². The van der Waals surface area contributed by atoms with Crippen LogP contribution >= 0.6 is 11.8 Å². The molecule has 0 saturated carbocycles. The maximum Gasteiger partial charge on any atom is 0.223 e. The molecule has 2 N–H and O–H groups in total. The fraction of sp³-hybridized carbons (Fsp3) is 0.417. The van der Waals surface area contributed by atoms with E-state index in [-0.39, 0.29) is 5.91 Å². The Morgan fingerprint density at radius 3 is 2.75 bits per heavy atom. The highest BCUT2D eigenvalue weighted by Gasteiger charge is 2.09. The Hall–Kier alpha value is -1.16. The van der Waals surface area contributed by atoms with Gasteiger partial charge >= 0.3 is 0 Å². The summed E-state index contributed by atoms with van der Waals surface area (Å²) in [5, 5.41) is 0. The molecule has 1 aromatic rings. The first-order valence-electron chi connectivity index (χ1n) is 5.21. The van der Waals surface area contributed by atoms with Gasteiger partial charge in [0.2, 0.25) is 5.91 Å². The summed E-state index contributed by atoms with van der Waals surface area (Å²) in [7, 11) is 1.81. The Morgan fingerprint density at radius 2 is 2.12 bits per heavy atom. The average Bonchev–Trinajstić information content (AvgIpc) is 2.28. The second kappa shape index (κ2) is 6.43. The Labute approximate surface area is 101 Å². The molecule has 16 heavy (non-hydrogen) atoms. The number of rotatable bonds is 5. The Bertz CT molecular complexity index is 355. The number of nitrogens with two attached hydrogens (primary N) is 1. The highest BCUT2D eigenvalue weighted by atomic mass is 32.2. The van der Waals surface area contributed by atoms with Crippen molar-refractivity contribution >= 4 is 23.4 Å². The van der Waals surface area contributed by atoms with Crippen LogP contribution in [0, 0.1) is 0 Å². The van der Waals surface area contributed by atoms with Crippen molar-refractivity contribution in [3.05, 3.63) is 29.8 Å². The monoisotopic (exact) mass is 238 g/mol. The number of carbonyl (C=O) groups excluding carboxylic acids is 1. The summed E-state index contributed by atoms with van der Waals surface area (Å²) < 4.78 is 0. The third-order valence-electron chi connectivity index (χ3n) is 2.41. The van der Waals surface area contributed by atoms with Gasteiger partial charge in [-0.2, -0.15) is 11.8 Å². The second-order valence-corrected chi connectivity index (χ2v) is 4.68. The zero-order chi connectivity index (χ0) is 12.0. The van der Waals surface area contributed by atoms with E-state index in [0.29, 0.717) is 13.0 Å². The molecule has 0 bridgehead atoms. The van der Waals surface area contributed by atoms with Gasteiger partial charge in [-0.15, -0.1) is 0 Å². The molecule has 0 heterocycles. The molecule has 1 amide bonds. The van der Waals surface area contributed by atoms with E-state index >= 15 is 0 Å². The van der Waals surface area contributed by atoms with Crippen LogP contribution in [-0.4, -0.2) is 29.9 Å². The molecular weight excluding hydrogens is 220 g/mol. The number of amides is 1. The van der Waals surface area contributed by atoms with E-state index in [4.69, 9.17) is 5.73 Å².